The molecule has 1 aliphatic heterocycles. The van der Waals surface area contributed by atoms with E-state index in [1.165, 1.54) is 16.8 Å². The van der Waals surface area contributed by atoms with Crippen LogP contribution in [0.2, 0.25) is 0 Å². The number of aryl methyl sites for hydroxylation is 1. The summed E-state index contributed by atoms with van der Waals surface area (Å²) in [6.07, 6.45) is 3.94. The van der Waals surface area contributed by atoms with Crippen molar-refractivity contribution in [3.05, 3.63) is 47.2 Å². The number of nitrogens with zero attached hydrogens (tertiary/aromatic N) is 4. The largest absolute Gasteiger partial charge is 0.312 e. The summed E-state index contributed by atoms with van der Waals surface area (Å²) in [5, 5.41) is 18.7. The van der Waals surface area contributed by atoms with E-state index in [0.717, 1.165) is 25.5 Å². The maximum atomic E-state index is 13.5. The number of fused-ring (bicyclic) bond motifs is 1. The molecule has 1 fully saturated rings. The lowest BCUT2D eigenvalue weighted by atomic mass is 9.90. The Balaban J connectivity index is 0.000000222. The number of allylic oxidation sites excluding steroid dienone is 4. The summed E-state index contributed by atoms with van der Waals surface area (Å²) in [6, 6.07) is 1.72. The van der Waals surface area contributed by atoms with Crippen molar-refractivity contribution in [2.45, 2.75) is 58.0 Å². The van der Waals surface area contributed by atoms with E-state index >= 15 is 0 Å². The zero-order chi connectivity index (χ0) is 23.5. The molecule has 32 heavy (non-hydrogen) atoms. The molecule has 10 heteroatoms. The van der Waals surface area contributed by atoms with E-state index in [-0.39, 0.29) is 34.6 Å². The lowest BCUT2D eigenvalue weighted by molar-refractivity contribution is 0.152. The van der Waals surface area contributed by atoms with Gasteiger partial charge in [-0.25, -0.2) is 22.7 Å². The molecule has 0 bridgehead atoms. The molecule has 1 aliphatic carbocycles. The SMILES string of the molecule is C=NNC1CCNC(C)(C)C1.Cc1cn2nc(C3=CCC(=N)C(F)=C3)cc(C(F)F)c2n1. The Morgan fingerprint density at radius 1 is 1.41 bits per heavy atom. The minimum atomic E-state index is -2.70. The minimum Gasteiger partial charge on any atom is -0.312 e. The molecule has 0 saturated carbocycles. The van der Waals surface area contributed by atoms with Crippen molar-refractivity contribution in [2.24, 2.45) is 5.10 Å². The summed E-state index contributed by atoms with van der Waals surface area (Å²) >= 11 is 0. The zero-order valence-electron chi connectivity index (χ0n) is 18.4. The molecule has 1 saturated heterocycles. The van der Waals surface area contributed by atoms with Gasteiger partial charge in [0.15, 0.2) is 5.65 Å². The third-order valence-electron chi connectivity index (χ3n) is 5.33. The predicted molar refractivity (Wildman–Crippen MR) is 120 cm³/mol. The minimum absolute atomic E-state index is 0.0971. The van der Waals surface area contributed by atoms with Crippen LogP contribution in [-0.2, 0) is 0 Å². The molecule has 7 nitrogen and oxygen atoms in total. The highest BCUT2D eigenvalue weighted by atomic mass is 19.3. The quantitative estimate of drug-likeness (QED) is 0.480. The van der Waals surface area contributed by atoms with Gasteiger partial charge in [0.1, 0.15) is 5.83 Å². The van der Waals surface area contributed by atoms with Gasteiger partial charge in [-0.15, -0.1) is 0 Å². The third kappa shape index (κ3) is 5.61. The van der Waals surface area contributed by atoms with Gasteiger partial charge in [-0.1, -0.05) is 6.08 Å². The predicted octanol–water partition coefficient (Wildman–Crippen LogP) is 4.36. The van der Waals surface area contributed by atoms with Gasteiger partial charge in [-0.3, -0.25) is 0 Å². The Morgan fingerprint density at radius 2 is 2.16 bits per heavy atom. The molecule has 172 valence electrons. The van der Waals surface area contributed by atoms with E-state index in [9.17, 15) is 13.2 Å². The fraction of sp³-hybridized carbons (Fsp3) is 0.455. The fourth-order valence-electron chi connectivity index (χ4n) is 3.80. The smallest absolute Gasteiger partial charge is 0.267 e. The number of hydrazone groups is 1. The van der Waals surface area contributed by atoms with Crippen LogP contribution in [0.3, 0.4) is 0 Å². The molecule has 2 aromatic rings. The fourth-order valence-corrected chi connectivity index (χ4v) is 3.80. The first-order valence-electron chi connectivity index (χ1n) is 10.4. The van der Waals surface area contributed by atoms with Crippen LogP contribution in [0.25, 0.3) is 11.2 Å². The van der Waals surface area contributed by atoms with Crippen LogP contribution in [0.1, 0.15) is 56.5 Å². The van der Waals surface area contributed by atoms with Crippen molar-refractivity contribution < 1.29 is 13.2 Å². The maximum Gasteiger partial charge on any atom is 0.267 e. The van der Waals surface area contributed by atoms with E-state index < -0.39 is 12.3 Å². The molecule has 0 radical (unpaired) electrons. The highest BCUT2D eigenvalue weighted by Gasteiger charge is 2.26. The van der Waals surface area contributed by atoms with Gasteiger partial charge in [-0.2, -0.15) is 10.2 Å². The van der Waals surface area contributed by atoms with Crippen LogP contribution in [0.15, 0.2) is 35.3 Å². The van der Waals surface area contributed by atoms with Gasteiger partial charge in [0, 0.05) is 30.3 Å². The molecule has 1 atom stereocenters. The standard InChI is InChI=1S/C14H11F3N4.C8H17N3/c1-7-6-21-14(19-7)9(13(16)17)5-12(20-21)8-2-3-11(18)10(15)4-8;1-8(2)6-7(11-9-3)4-5-10-8/h2,4-6,13,18H,3H2,1H3;7,10-11H,3-6H2,1-2H3. The van der Waals surface area contributed by atoms with Crippen molar-refractivity contribution in [2.75, 3.05) is 6.54 Å². The van der Waals surface area contributed by atoms with Crippen molar-refractivity contribution >= 4 is 23.6 Å². The summed E-state index contributed by atoms with van der Waals surface area (Å²) in [4.78, 5) is 4.03. The molecule has 1 unspecified atom stereocenters. The first-order chi connectivity index (χ1) is 15.1. The van der Waals surface area contributed by atoms with Crippen LogP contribution in [0, 0.1) is 12.3 Å². The normalized spacial score (nSPS) is 20.3. The van der Waals surface area contributed by atoms with Gasteiger partial charge < -0.3 is 16.2 Å². The van der Waals surface area contributed by atoms with Gasteiger partial charge in [-0.05, 0) is 52.3 Å². The third-order valence-corrected chi connectivity index (χ3v) is 5.33. The maximum absolute atomic E-state index is 13.5. The number of halogens is 3. The highest BCUT2D eigenvalue weighted by Crippen LogP contribution is 2.29. The number of hydrogen-bond donors (Lipinski definition) is 3. The van der Waals surface area contributed by atoms with Crippen LogP contribution in [-0.4, -0.2) is 45.2 Å². The van der Waals surface area contributed by atoms with E-state index in [2.05, 4.69) is 46.5 Å². The van der Waals surface area contributed by atoms with E-state index in [4.69, 9.17) is 5.41 Å². The number of nitrogens with one attached hydrogen (secondary N) is 3. The number of piperidine rings is 1. The Kier molecular flexibility index (Phi) is 7.12. The van der Waals surface area contributed by atoms with Gasteiger partial charge in [0.25, 0.3) is 6.43 Å². The summed E-state index contributed by atoms with van der Waals surface area (Å²) < 4.78 is 41.1. The molecule has 0 spiro atoms. The molecule has 2 aromatic heterocycles. The number of hydrogen-bond acceptors (Lipinski definition) is 6. The Hall–Kier alpha value is -3.01. The Labute approximate surface area is 185 Å². The molecular weight excluding hydrogens is 419 g/mol. The second kappa shape index (κ2) is 9.64. The molecule has 4 rings (SSSR count). The van der Waals surface area contributed by atoms with E-state index in [1.807, 2.05) is 0 Å². The molecule has 0 aromatic carbocycles. The van der Waals surface area contributed by atoms with Crippen LogP contribution < -0.4 is 10.7 Å². The zero-order valence-corrected chi connectivity index (χ0v) is 18.4. The monoisotopic (exact) mass is 447 g/mol. The summed E-state index contributed by atoms with van der Waals surface area (Å²) in [5.74, 6) is -0.671. The first kappa shape index (κ1) is 23.6. The summed E-state index contributed by atoms with van der Waals surface area (Å²) in [5.41, 5.74) is 4.18. The molecule has 2 aliphatic rings. The van der Waals surface area contributed by atoms with Crippen molar-refractivity contribution in [3.63, 3.8) is 0 Å². The van der Waals surface area contributed by atoms with Gasteiger partial charge in [0.2, 0.25) is 0 Å². The molecule has 3 N–H and O–H groups in total. The first-order valence-corrected chi connectivity index (χ1v) is 10.4. The number of imidazole rings is 1. The molecule has 3 heterocycles. The number of aromatic nitrogens is 3. The average molecular weight is 448 g/mol. The average Bonchev–Trinajstić information content (AvgIpc) is 3.09. The van der Waals surface area contributed by atoms with Crippen molar-refractivity contribution in [3.8, 4) is 0 Å². The van der Waals surface area contributed by atoms with Crippen LogP contribution in [0.4, 0.5) is 13.2 Å². The van der Waals surface area contributed by atoms with E-state index in [1.54, 1.807) is 13.0 Å². The number of alkyl halides is 2. The molecular formula is C22H28F3N7. The highest BCUT2D eigenvalue weighted by molar-refractivity contribution is 6.02. The lowest BCUT2D eigenvalue weighted by Crippen LogP contribution is -2.51. The Bertz CT molecular complexity index is 1070. The Morgan fingerprint density at radius 3 is 2.78 bits per heavy atom. The van der Waals surface area contributed by atoms with Gasteiger partial charge in [0.05, 0.1) is 28.9 Å². The van der Waals surface area contributed by atoms with Crippen molar-refractivity contribution in [1.82, 2.24) is 25.3 Å². The van der Waals surface area contributed by atoms with Crippen molar-refractivity contribution in [1.29, 1.82) is 5.41 Å². The topological polar surface area (TPSA) is 90.5 Å². The molecule has 0 amide bonds. The second-order valence-corrected chi connectivity index (χ2v) is 8.56. The van der Waals surface area contributed by atoms with Crippen LogP contribution in [0.5, 0.6) is 0 Å². The number of rotatable bonds is 4. The van der Waals surface area contributed by atoms with Gasteiger partial charge >= 0.3 is 0 Å². The van der Waals surface area contributed by atoms with E-state index in [0.29, 0.717) is 17.3 Å². The summed E-state index contributed by atoms with van der Waals surface area (Å²) in [6.45, 7) is 10.6. The summed E-state index contributed by atoms with van der Waals surface area (Å²) in [7, 11) is 0. The lowest BCUT2D eigenvalue weighted by Gasteiger charge is -2.36. The second-order valence-electron chi connectivity index (χ2n) is 8.56. The van der Waals surface area contributed by atoms with Crippen LogP contribution >= 0.6 is 0 Å².